The summed E-state index contributed by atoms with van der Waals surface area (Å²) in [7, 11) is 3.17. The average Bonchev–Trinajstić information content (AvgIpc) is 3.91. The van der Waals surface area contributed by atoms with Crippen LogP contribution in [0.4, 0.5) is 0 Å². The van der Waals surface area contributed by atoms with E-state index in [-0.39, 0.29) is 36.3 Å². The van der Waals surface area contributed by atoms with Crippen molar-refractivity contribution >= 4 is 23.0 Å². The molecule has 52 heavy (non-hydrogen) atoms. The first-order chi connectivity index (χ1) is 25.0. The Morgan fingerprint density at radius 1 is 1.02 bits per heavy atom. The smallest absolute Gasteiger partial charge is 0.228 e. The zero-order valence-electron chi connectivity index (χ0n) is 30.7. The number of hydrogen-bond donors (Lipinski definition) is 2. The summed E-state index contributed by atoms with van der Waals surface area (Å²) in [5.74, 6) is 0.972. The van der Waals surface area contributed by atoms with Gasteiger partial charge in [-0.2, -0.15) is 0 Å². The number of thiophene rings is 1. The molecule has 1 fully saturated rings. The number of methoxy groups -OCH3 is 2. The molecule has 0 saturated heterocycles. The summed E-state index contributed by atoms with van der Waals surface area (Å²) in [6.45, 7) is 4.89. The normalized spacial score (nSPS) is 23.4. The second-order valence-electron chi connectivity index (χ2n) is 14.8. The quantitative estimate of drug-likeness (QED) is 0.119. The van der Waals surface area contributed by atoms with E-state index in [0.717, 1.165) is 29.5 Å². The molecule has 9 heteroatoms. The summed E-state index contributed by atoms with van der Waals surface area (Å²) in [5.41, 5.74) is 2.40. The Kier molecular flexibility index (Phi) is 11.7. The number of benzene rings is 2. The van der Waals surface area contributed by atoms with E-state index < -0.39 is 17.1 Å². The van der Waals surface area contributed by atoms with Crippen LogP contribution < -0.4 is 9.47 Å². The number of furan rings is 1. The van der Waals surface area contributed by atoms with Gasteiger partial charge in [-0.1, -0.05) is 42.8 Å². The van der Waals surface area contributed by atoms with E-state index in [9.17, 15) is 19.8 Å². The molecule has 0 aliphatic heterocycles. The zero-order chi connectivity index (χ0) is 36.9. The number of carbonyl (C=O) groups excluding carboxylic acids is 2. The van der Waals surface area contributed by atoms with E-state index in [1.807, 2.05) is 52.7 Å². The summed E-state index contributed by atoms with van der Waals surface area (Å²) in [6.07, 6.45) is 8.39. The molecular formula is C43H51NO7S. The number of nitrogens with zero attached hydrogens (tertiary/aromatic N) is 1. The molecule has 0 radical (unpaired) electrons. The second kappa shape index (κ2) is 16.2. The van der Waals surface area contributed by atoms with Gasteiger partial charge >= 0.3 is 0 Å². The van der Waals surface area contributed by atoms with Gasteiger partial charge in [0.05, 0.1) is 38.6 Å². The van der Waals surface area contributed by atoms with Crippen LogP contribution in [0, 0.1) is 5.41 Å². The van der Waals surface area contributed by atoms with Crippen molar-refractivity contribution < 1.29 is 33.7 Å². The Balaban J connectivity index is 1.38. The molecule has 1 amide bonds. The van der Waals surface area contributed by atoms with Crippen LogP contribution in [-0.4, -0.2) is 65.8 Å². The number of aliphatic hydroxyl groups is 2. The van der Waals surface area contributed by atoms with Crippen LogP contribution in [0.3, 0.4) is 0 Å². The van der Waals surface area contributed by atoms with Crippen molar-refractivity contribution in [3.8, 4) is 11.5 Å². The number of hydrogen-bond acceptors (Lipinski definition) is 8. The number of fused-ring (bicyclic) bond motifs is 8. The molecule has 0 spiro atoms. The van der Waals surface area contributed by atoms with Gasteiger partial charge in [-0.3, -0.25) is 9.59 Å². The Morgan fingerprint density at radius 3 is 2.58 bits per heavy atom. The van der Waals surface area contributed by atoms with Gasteiger partial charge in [0.1, 0.15) is 0 Å². The Hall–Kier alpha value is -4.18. The lowest BCUT2D eigenvalue weighted by atomic mass is 9.64. The van der Waals surface area contributed by atoms with Crippen molar-refractivity contribution in [2.45, 2.75) is 89.3 Å². The molecule has 8 nitrogen and oxygen atoms in total. The van der Waals surface area contributed by atoms with Crippen molar-refractivity contribution in [3.63, 3.8) is 0 Å². The number of ketones is 1. The number of rotatable bonds is 11. The first-order valence-corrected chi connectivity index (χ1v) is 19.2. The minimum absolute atomic E-state index is 0.0718. The summed E-state index contributed by atoms with van der Waals surface area (Å²) in [5, 5.41) is 26.0. The maximum atomic E-state index is 14.3. The van der Waals surface area contributed by atoms with Crippen LogP contribution >= 0.6 is 11.3 Å². The van der Waals surface area contributed by atoms with Crippen molar-refractivity contribution in [1.29, 1.82) is 0 Å². The van der Waals surface area contributed by atoms with Gasteiger partial charge in [0.2, 0.25) is 11.7 Å². The highest BCUT2D eigenvalue weighted by Crippen LogP contribution is 2.59. The highest BCUT2D eigenvalue weighted by Gasteiger charge is 2.57. The molecule has 3 aliphatic rings. The van der Waals surface area contributed by atoms with Crippen LogP contribution in [0.15, 0.2) is 88.4 Å². The lowest BCUT2D eigenvalue weighted by Crippen LogP contribution is -2.54. The molecule has 4 unspecified atom stereocenters. The third-order valence-electron chi connectivity index (χ3n) is 11.5. The Morgan fingerprint density at radius 2 is 1.85 bits per heavy atom. The highest BCUT2D eigenvalue weighted by atomic mass is 32.1. The van der Waals surface area contributed by atoms with Crippen molar-refractivity contribution in [1.82, 2.24) is 4.90 Å². The summed E-state index contributed by atoms with van der Waals surface area (Å²) in [4.78, 5) is 31.4. The molecule has 2 heterocycles. The summed E-state index contributed by atoms with van der Waals surface area (Å²) >= 11 is 1.66. The van der Waals surface area contributed by atoms with Crippen LogP contribution in [0.25, 0.3) is 0 Å². The third-order valence-corrected chi connectivity index (χ3v) is 12.4. The molecule has 3 aliphatic carbocycles. The number of carbonyl (C=O) groups is 2. The summed E-state index contributed by atoms with van der Waals surface area (Å²) < 4.78 is 16.5. The van der Waals surface area contributed by atoms with E-state index in [0.29, 0.717) is 62.1 Å². The largest absolute Gasteiger partial charge is 0.493 e. The lowest BCUT2D eigenvalue weighted by Gasteiger charge is -2.46. The standard InChI is InChI=1S/C43H51NO7S/c1-29-8-5-19-42(2)36(34-15-12-30(24-32(45)14-11-29)25-35(34)41(47)38-10-6-22-51-38)17-20-43(42,48)28-44(21-18-33-9-7-23-52-33)40(46)27-31-13-16-37(49-3)39(26-31)50-4/h6-10,12-13,15-16,22-23,25-26,32,36,45,48H,5,11,14,17-21,24,27-28H2,1-4H3. The molecule has 7 rings (SSSR count). The van der Waals surface area contributed by atoms with E-state index in [1.54, 1.807) is 37.7 Å². The van der Waals surface area contributed by atoms with E-state index in [2.05, 4.69) is 26.0 Å². The maximum absolute atomic E-state index is 14.3. The lowest BCUT2D eigenvalue weighted by molar-refractivity contribution is -0.139. The average molecular weight is 726 g/mol. The first-order valence-electron chi connectivity index (χ1n) is 18.3. The van der Waals surface area contributed by atoms with Gasteiger partial charge in [0.15, 0.2) is 17.3 Å². The molecule has 2 aromatic heterocycles. The number of ether oxygens (including phenoxy) is 2. The molecular weight excluding hydrogens is 675 g/mol. The van der Waals surface area contributed by atoms with Crippen LogP contribution in [0.2, 0.25) is 0 Å². The fourth-order valence-corrected chi connectivity index (χ4v) is 9.02. The predicted octanol–water partition coefficient (Wildman–Crippen LogP) is 7.94. The molecule has 2 aromatic carbocycles. The molecule has 2 bridgehead atoms. The zero-order valence-corrected chi connectivity index (χ0v) is 31.5. The van der Waals surface area contributed by atoms with Gasteiger partial charge in [-0.25, -0.2) is 0 Å². The SMILES string of the molecule is COc1ccc(CC(=O)N(CCc2cccs2)CC2(O)CCC3c4ccc(cc4C(=O)c4ccco4)CC(O)CCC(C)=CCCC32C)cc1OC. The minimum atomic E-state index is -1.24. The van der Waals surface area contributed by atoms with Crippen LogP contribution in [0.5, 0.6) is 11.5 Å². The number of aliphatic hydroxyl groups excluding tert-OH is 1. The van der Waals surface area contributed by atoms with Gasteiger partial charge < -0.3 is 29.0 Å². The molecule has 4 aromatic rings. The third kappa shape index (κ3) is 8.07. The van der Waals surface area contributed by atoms with Crippen molar-refractivity contribution in [2.24, 2.45) is 5.41 Å². The van der Waals surface area contributed by atoms with E-state index >= 15 is 0 Å². The van der Waals surface area contributed by atoms with Gasteiger partial charge in [0, 0.05) is 28.9 Å². The fourth-order valence-electron chi connectivity index (χ4n) is 8.32. The molecule has 4 atom stereocenters. The monoisotopic (exact) mass is 725 g/mol. The van der Waals surface area contributed by atoms with Gasteiger partial charge in [-0.05, 0) is 123 Å². The second-order valence-corrected chi connectivity index (χ2v) is 15.8. The maximum Gasteiger partial charge on any atom is 0.228 e. The van der Waals surface area contributed by atoms with Gasteiger partial charge in [0.25, 0.3) is 0 Å². The number of allylic oxidation sites excluding steroid dienone is 2. The first kappa shape index (κ1) is 37.6. The Labute approximate surface area is 311 Å². The highest BCUT2D eigenvalue weighted by molar-refractivity contribution is 7.09. The number of amides is 1. The van der Waals surface area contributed by atoms with E-state index in [4.69, 9.17) is 13.9 Å². The van der Waals surface area contributed by atoms with Crippen LogP contribution in [0.1, 0.15) is 96.0 Å². The topological polar surface area (TPSA) is 109 Å². The minimum Gasteiger partial charge on any atom is -0.493 e. The van der Waals surface area contributed by atoms with Gasteiger partial charge in [-0.15, -0.1) is 11.3 Å². The summed E-state index contributed by atoms with van der Waals surface area (Å²) in [6, 6.07) is 19.0. The Bertz CT molecular complexity index is 1870. The van der Waals surface area contributed by atoms with Crippen molar-refractivity contribution in [3.05, 3.63) is 117 Å². The fraction of sp³-hybridized carbons (Fsp3) is 0.442. The molecule has 276 valence electrons. The van der Waals surface area contributed by atoms with E-state index in [1.165, 1.54) is 16.7 Å². The predicted molar refractivity (Wildman–Crippen MR) is 203 cm³/mol. The van der Waals surface area contributed by atoms with Crippen molar-refractivity contribution in [2.75, 3.05) is 27.3 Å². The molecule has 1 saturated carbocycles. The van der Waals surface area contributed by atoms with Crippen LogP contribution in [-0.2, 0) is 24.1 Å². The molecule has 2 N–H and O–H groups in total.